The van der Waals surface area contributed by atoms with Gasteiger partial charge in [0.1, 0.15) is 5.75 Å². The van der Waals surface area contributed by atoms with Crippen LogP contribution < -0.4 is 10.1 Å². The van der Waals surface area contributed by atoms with Gasteiger partial charge in [0.2, 0.25) is 5.91 Å². The smallest absolute Gasteiger partial charge is 0.305 e. The molecule has 0 spiro atoms. The number of carboxylic acid groups (broad SMARTS) is 1. The lowest BCUT2D eigenvalue weighted by molar-refractivity contribution is -0.137. The molecule has 1 amide bonds. The van der Waals surface area contributed by atoms with E-state index in [0.717, 1.165) is 46.6 Å². The molecule has 0 unspecified atom stereocenters. The van der Waals surface area contributed by atoms with E-state index in [-0.39, 0.29) is 31.1 Å². The van der Waals surface area contributed by atoms with E-state index in [2.05, 4.69) is 36.1 Å². The molecule has 1 aromatic heterocycles. The van der Waals surface area contributed by atoms with Crippen LogP contribution in [0.1, 0.15) is 93.1 Å². The van der Waals surface area contributed by atoms with Crippen molar-refractivity contribution < 1.29 is 24.2 Å². The van der Waals surface area contributed by atoms with E-state index in [1.807, 2.05) is 60.7 Å². The summed E-state index contributed by atoms with van der Waals surface area (Å²) in [6, 6.07) is 23.1. The van der Waals surface area contributed by atoms with E-state index in [4.69, 9.17) is 9.84 Å². The number of amides is 1. The minimum atomic E-state index is -0.995. The van der Waals surface area contributed by atoms with Gasteiger partial charge in [-0.3, -0.25) is 14.4 Å². The van der Waals surface area contributed by atoms with Crippen LogP contribution in [0.4, 0.5) is 0 Å². The fourth-order valence-corrected chi connectivity index (χ4v) is 5.43. The molecule has 0 saturated heterocycles. The number of ketones is 1. The van der Waals surface area contributed by atoms with Crippen LogP contribution in [0.2, 0.25) is 0 Å². The monoisotopic (exact) mass is 649 g/mol. The number of Topliss-reactive ketones (excluding diaryl/α,β-unsaturated/α-hetero) is 1. The Kier molecular flexibility index (Phi) is 13.9. The van der Waals surface area contributed by atoms with Crippen molar-refractivity contribution in [1.29, 1.82) is 0 Å². The third kappa shape index (κ3) is 11.1. The van der Waals surface area contributed by atoms with Crippen LogP contribution >= 0.6 is 0 Å². The van der Waals surface area contributed by atoms with Gasteiger partial charge in [-0.15, -0.1) is 0 Å². The number of nitrogens with zero attached hydrogens (tertiary/aromatic N) is 2. The molecule has 4 rings (SSSR count). The summed E-state index contributed by atoms with van der Waals surface area (Å²) >= 11 is 0. The van der Waals surface area contributed by atoms with Crippen molar-refractivity contribution in [2.45, 2.75) is 78.1 Å². The zero-order chi connectivity index (χ0) is 34.3. The van der Waals surface area contributed by atoms with Gasteiger partial charge < -0.3 is 15.2 Å². The maximum Gasteiger partial charge on any atom is 0.305 e. The van der Waals surface area contributed by atoms with Crippen LogP contribution in [0.3, 0.4) is 0 Å². The van der Waals surface area contributed by atoms with Crippen LogP contribution in [-0.2, 0) is 16.0 Å². The second-order valence-corrected chi connectivity index (χ2v) is 12.5. The molecule has 2 N–H and O–H groups in total. The van der Waals surface area contributed by atoms with Gasteiger partial charge in [-0.2, -0.15) is 0 Å². The fourth-order valence-electron chi connectivity index (χ4n) is 5.43. The minimum absolute atomic E-state index is 0.00529. The molecular weight excluding hydrogens is 602 g/mol. The van der Waals surface area contributed by atoms with E-state index in [9.17, 15) is 14.4 Å². The molecule has 0 aliphatic heterocycles. The van der Waals surface area contributed by atoms with Crippen LogP contribution in [-0.4, -0.2) is 45.9 Å². The summed E-state index contributed by atoms with van der Waals surface area (Å²) in [5, 5.41) is 11.7. The Morgan fingerprint density at radius 3 is 2.06 bits per heavy atom. The number of unbranched alkanes of at least 4 members (excludes halogenated alkanes) is 4. The van der Waals surface area contributed by atoms with Crippen molar-refractivity contribution in [2.24, 2.45) is 5.92 Å². The first-order chi connectivity index (χ1) is 23.2. The molecule has 8 heteroatoms. The zero-order valence-electron chi connectivity index (χ0n) is 28.3. The Bertz CT molecular complexity index is 1600. The summed E-state index contributed by atoms with van der Waals surface area (Å²) in [5.74, 6) is -0.333. The standard InChI is InChI=1S/C40H47N3O5/c1-4-5-6-7-8-23-48-36-19-17-31(18-20-36)35-26-42-39(43-27-35)33-11-9-29(10-12-33)24-34(40(47)41-22-21-38(45)46)25-37(44)32-15-13-30(14-16-32)28(2)3/h9-20,26-28,34H,4-8,21-25H2,1-3H3,(H,41,47)(H,45,46)/t34-/m1/s1. The van der Waals surface area contributed by atoms with E-state index in [1.54, 1.807) is 24.5 Å². The molecule has 1 atom stereocenters. The molecule has 3 aromatic carbocycles. The molecule has 0 aliphatic carbocycles. The molecule has 48 heavy (non-hydrogen) atoms. The number of hydrogen-bond donors (Lipinski definition) is 2. The van der Waals surface area contributed by atoms with E-state index < -0.39 is 11.9 Å². The Balaban J connectivity index is 1.38. The summed E-state index contributed by atoms with van der Waals surface area (Å²) in [6.07, 6.45) is 9.79. The van der Waals surface area contributed by atoms with Crippen LogP contribution in [0, 0.1) is 5.92 Å². The highest BCUT2D eigenvalue weighted by atomic mass is 16.5. The minimum Gasteiger partial charge on any atom is -0.494 e. The van der Waals surface area contributed by atoms with Gasteiger partial charge >= 0.3 is 5.97 Å². The predicted octanol–water partition coefficient (Wildman–Crippen LogP) is 8.31. The topological polar surface area (TPSA) is 118 Å². The summed E-state index contributed by atoms with van der Waals surface area (Å²) in [7, 11) is 0. The van der Waals surface area contributed by atoms with Crippen molar-refractivity contribution in [3.05, 3.63) is 102 Å². The number of benzene rings is 3. The van der Waals surface area contributed by atoms with Gasteiger partial charge in [0, 0.05) is 48.0 Å². The molecular formula is C40H47N3O5. The summed E-state index contributed by atoms with van der Waals surface area (Å²) in [4.78, 5) is 46.4. The zero-order valence-corrected chi connectivity index (χ0v) is 28.3. The van der Waals surface area contributed by atoms with Gasteiger partial charge in [-0.1, -0.05) is 107 Å². The number of ether oxygens (including phenoxy) is 1. The quantitative estimate of drug-likeness (QED) is 0.0775. The van der Waals surface area contributed by atoms with Crippen molar-refractivity contribution in [1.82, 2.24) is 15.3 Å². The summed E-state index contributed by atoms with van der Waals surface area (Å²) < 4.78 is 5.88. The third-order valence-corrected chi connectivity index (χ3v) is 8.39. The van der Waals surface area contributed by atoms with Gasteiger partial charge in [0.15, 0.2) is 11.6 Å². The number of nitrogens with one attached hydrogen (secondary N) is 1. The molecule has 0 radical (unpaired) electrons. The van der Waals surface area contributed by atoms with Gasteiger partial charge in [0.05, 0.1) is 13.0 Å². The highest BCUT2D eigenvalue weighted by Gasteiger charge is 2.23. The number of carbonyl (C=O) groups is 3. The SMILES string of the molecule is CCCCCCCOc1ccc(-c2cnc(-c3ccc(C[C@H](CC(=O)c4ccc(C(C)C)cc4)C(=O)NCCC(=O)O)cc3)nc2)cc1. The Morgan fingerprint density at radius 2 is 1.44 bits per heavy atom. The first kappa shape index (κ1) is 36.0. The van der Waals surface area contributed by atoms with Gasteiger partial charge in [0.25, 0.3) is 0 Å². The predicted molar refractivity (Wildman–Crippen MR) is 189 cm³/mol. The molecule has 0 bridgehead atoms. The Hall–Kier alpha value is -4.85. The average Bonchev–Trinajstić information content (AvgIpc) is 3.10. The number of aliphatic carboxylic acids is 1. The average molecular weight is 650 g/mol. The molecule has 1 heterocycles. The fraction of sp³-hybridized carbons (Fsp3) is 0.375. The highest BCUT2D eigenvalue weighted by Crippen LogP contribution is 2.25. The molecule has 0 saturated carbocycles. The highest BCUT2D eigenvalue weighted by molar-refractivity contribution is 5.98. The third-order valence-electron chi connectivity index (χ3n) is 8.39. The normalized spacial score (nSPS) is 11.7. The summed E-state index contributed by atoms with van der Waals surface area (Å²) in [5.41, 5.74) is 5.30. The largest absolute Gasteiger partial charge is 0.494 e. The lowest BCUT2D eigenvalue weighted by Gasteiger charge is -2.17. The lowest BCUT2D eigenvalue weighted by Crippen LogP contribution is -2.34. The number of rotatable bonds is 19. The first-order valence-corrected chi connectivity index (χ1v) is 17.0. The molecule has 0 aliphatic rings. The Morgan fingerprint density at radius 1 is 0.792 bits per heavy atom. The van der Waals surface area contributed by atoms with Gasteiger partial charge in [-0.25, -0.2) is 9.97 Å². The number of aromatic nitrogens is 2. The lowest BCUT2D eigenvalue weighted by atomic mass is 9.90. The maximum absolute atomic E-state index is 13.2. The molecule has 252 valence electrons. The Labute approximate surface area is 284 Å². The second-order valence-electron chi connectivity index (χ2n) is 12.5. The molecule has 8 nitrogen and oxygen atoms in total. The van der Waals surface area contributed by atoms with E-state index in [1.165, 1.54) is 25.7 Å². The van der Waals surface area contributed by atoms with Crippen LogP contribution in [0.5, 0.6) is 5.75 Å². The summed E-state index contributed by atoms with van der Waals surface area (Å²) in [6.45, 7) is 7.13. The maximum atomic E-state index is 13.2. The first-order valence-electron chi connectivity index (χ1n) is 17.0. The van der Waals surface area contributed by atoms with E-state index in [0.29, 0.717) is 23.7 Å². The van der Waals surface area contributed by atoms with Gasteiger partial charge in [-0.05, 0) is 47.6 Å². The number of hydrogen-bond acceptors (Lipinski definition) is 6. The van der Waals surface area contributed by atoms with E-state index >= 15 is 0 Å². The van der Waals surface area contributed by atoms with Crippen molar-refractivity contribution >= 4 is 17.7 Å². The molecule has 0 fully saturated rings. The number of carbonyl (C=O) groups excluding carboxylic acids is 2. The van der Waals surface area contributed by atoms with Crippen molar-refractivity contribution in [2.75, 3.05) is 13.2 Å². The van der Waals surface area contributed by atoms with Crippen molar-refractivity contribution in [3.8, 4) is 28.3 Å². The van der Waals surface area contributed by atoms with Crippen LogP contribution in [0.15, 0.2) is 85.2 Å². The van der Waals surface area contributed by atoms with Crippen molar-refractivity contribution in [3.63, 3.8) is 0 Å². The number of carboxylic acids is 1. The molecule has 4 aromatic rings. The second kappa shape index (κ2) is 18.5. The van der Waals surface area contributed by atoms with Crippen LogP contribution in [0.25, 0.3) is 22.5 Å².